The number of aromatic nitrogens is 1. The highest BCUT2D eigenvalue weighted by Gasteiger charge is 2.26. The highest BCUT2D eigenvalue weighted by Crippen LogP contribution is 2.27. The Morgan fingerprint density at radius 3 is 2.75 bits per heavy atom. The number of nitrogens with one attached hydrogen (secondary N) is 1. The maximum absolute atomic E-state index is 12.2. The van der Waals surface area contributed by atoms with E-state index in [2.05, 4.69) is 10.3 Å². The van der Waals surface area contributed by atoms with Gasteiger partial charge < -0.3 is 5.32 Å². The lowest BCUT2D eigenvalue weighted by atomic mass is 9.99. The average molecular weight is 282 g/mol. The number of pyridine rings is 1. The average Bonchev–Trinajstić information content (AvgIpc) is 2.42. The van der Waals surface area contributed by atoms with Gasteiger partial charge in [0.2, 0.25) is 0 Å². The second kappa shape index (κ2) is 6.22. The van der Waals surface area contributed by atoms with Crippen LogP contribution >= 0.6 is 0 Å². The van der Waals surface area contributed by atoms with E-state index in [0.717, 1.165) is 16.5 Å². The number of nitrogens with zero attached hydrogens (tertiary/aromatic N) is 1. The highest BCUT2D eigenvalue weighted by atomic mass is 19.4. The first-order valence-electron chi connectivity index (χ1n) is 6.58. The quantitative estimate of drug-likeness (QED) is 0.887. The zero-order valence-corrected chi connectivity index (χ0v) is 11.2. The van der Waals surface area contributed by atoms with E-state index in [4.69, 9.17) is 0 Å². The zero-order valence-electron chi connectivity index (χ0n) is 11.2. The number of hydrogen-bond donors (Lipinski definition) is 1. The summed E-state index contributed by atoms with van der Waals surface area (Å²) >= 11 is 0. The maximum Gasteiger partial charge on any atom is 0.389 e. The van der Waals surface area contributed by atoms with Gasteiger partial charge in [0.15, 0.2) is 0 Å². The Hall–Kier alpha value is -1.62. The first kappa shape index (κ1) is 14.8. The van der Waals surface area contributed by atoms with Crippen LogP contribution in [-0.4, -0.2) is 18.2 Å². The van der Waals surface area contributed by atoms with Crippen molar-refractivity contribution >= 4 is 10.9 Å². The SMILES string of the molecule is CNC(CCCC(F)(F)F)c1ccc2ncccc2c1. The molecule has 5 heteroatoms. The van der Waals surface area contributed by atoms with Gasteiger partial charge in [-0.15, -0.1) is 0 Å². The normalized spacial score (nSPS) is 13.6. The van der Waals surface area contributed by atoms with Crippen molar-refractivity contribution in [3.8, 4) is 0 Å². The van der Waals surface area contributed by atoms with Gasteiger partial charge >= 0.3 is 6.18 Å². The van der Waals surface area contributed by atoms with Gasteiger partial charge in [0, 0.05) is 24.0 Å². The molecule has 2 aromatic rings. The van der Waals surface area contributed by atoms with Crippen LogP contribution in [0, 0.1) is 0 Å². The lowest BCUT2D eigenvalue weighted by molar-refractivity contribution is -0.135. The predicted octanol–water partition coefficient (Wildman–Crippen LogP) is 4.23. The van der Waals surface area contributed by atoms with Crippen LogP contribution in [0.3, 0.4) is 0 Å². The van der Waals surface area contributed by atoms with E-state index < -0.39 is 12.6 Å². The monoisotopic (exact) mass is 282 g/mol. The van der Waals surface area contributed by atoms with Crippen LogP contribution in [0.1, 0.15) is 30.9 Å². The Labute approximate surface area is 116 Å². The fourth-order valence-corrected chi connectivity index (χ4v) is 2.30. The van der Waals surface area contributed by atoms with Gasteiger partial charge in [0.25, 0.3) is 0 Å². The minimum atomic E-state index is -4.08. The smallest absolute Gasteiger partial charge is 0.313 e. The molecule has 1 heterocycles. The Balaban J connectivity index is 2.09. The third kappa shape index (κ3) is 3.93. The van der Waals surface area contributed by atoms with Crippen LogP contribution < -0.4 is 5.32 Å². The number of halogens is 3. The van der Waals surface area contributed by atoms with Crippen molar-refractivity contribution in [1.82, 2.24) is 10.3 Å². The number of hydrogen-bond acceptors (Lipinski definition) is 2. The number of fused-ring (bicyclic) bond motifs is 1. The van der Waals surface area contributed by atoms with Crippen LogP contribution in [0.5, 0.6) is 0 Å². The van der Waals surface area contributed by atoms with E-state index >= 15 is 0 Å². The molecule has 1 N–H and O–H groups in total. The van der Waals surface area contributed by atoms with Gasteiger partial charge in [-0.1, -0.05) is 12.1 Å². The summed E-state index contributed by atoms with van der Waals surface area (Å²) in [5.41, 5.74) is 1.89. The molecule has 1 atom stereocenters. The second-order valence-electron chi connectivity index (χ2n) is 4.80. The van der Waals surface area contributed by atoms with Gasteiger partial charge in [-0.3, -0.25) is 4.98 Å². The lowest BCUT2D eigenvalue weighted by Crippen LogP contribution is -2.17. The largest absolute Gasteiger partial charge is 0.389 e. The van der Waals surface area contributed by atoms with Crippen molar-refractivity contribution < 1.29 is 13.2 Å². The first-order chi connectivity index (χ1) is 9.49. The van der Waals surface area contributed by atoms with E-state index in [1.165, 1.54) is 0 Å². The van der Waals surface area contributed by atoms with Crippen molar-refractivity contribution in [2.75, 3.05) is 7.05 Å². The Bertz CT molecular complexity index is 566. The molecule has 1 aromatic carbocycles. The van der Waals surface area contributed by atoms with Crippen LogP contribution in [0.2, 0.25) is 0 Å². The van der Waals surface area contributed by atoms with Crippen molar-refractivity contribution in [1.29, 1.82) is 0 Å². The Kier molecular flexibility index (Phi) is 4.60. The number of rotatable bonds is 5. The molecule has 0 saturated carbocycles. The van der Waals surface area contributed by atoms with Gasteiger partial charge in [-0.2, -0.15) is 13.2 Å². The van der Waals surface area contributed by atoms with E-state index in [1.54, 1.807) is 13.2 Å². The number of alkyl halides is 3. The molecule has 0 radical (unpaired) electrons. The standard InChI is InChI=1S/C15H17F3N2/c1-19-13(5-2-8-15(16,17)18)12-6-7-14-11(10-12)4-3-9-20-14/h3-4,6-7,9-10,13,19H,2,5,8H2,1H3. The molecule has 2 rings (SSSR count). The van der Waals surface area contributed by atoms with E-state index in [1.807, 2.05) is 30.3 Å². The fourth-order valence-electron chi connectivity index (χ4n) is 2.30. The Morgan fingerprint density at radius 2 is 2.05 bits per heavy atom. The topological polar surface area (TPSA) is 24.9 Å². The molecular formula is C15H17F3N2. The molecule has 0 spiro atoms. The summed E-state index contributed by atoms with van der Waals surface area (Å²) in [6.07, 6.45) is -2.51. The van der Waals surface area contributed by atoms with Gasteiger partial charge in [-0.25, -0.2) is 0 Å². The van der Waals surface area contributed by atoms with Crippen molar-refractivity contribution in [2.45, 2.75) is 31.5 Å². The van der Waals surface area contributed by atoms with Crippen LogP contribution in [0.4, 0.5) is 13.2 Å². The summed E-state index contributed by atoms with van der Waals surface area (Å²) in [5.74, 6) is 0. The molecule has 1 aromatic heterocycles. The molecule has 0 aliphatic carbocycles. The lowest BCUT2D eigenvalue weighted by Gasteiger charge is -2.17. The molecule has 0 amide bonds. The predicted molar refractivity (Wildman–Crippen MR) is 73.4 cm³/mol. The minimum absolute atomic E-state index is 0.0676. The van der Waals surface area contributed by atoms with Crippen molar-refractivity contribution in [3.05, 3.63) is 42.1 Å². The second-order valence-corrected chi connectivity index (χ2v) is 4.80. The zero-order chi connectivity index (χ0) is 14.6. The van der Waals surface area contributed by atoms with Gasteiger partial charge in [0.1, 0.15) is 0 Å². The van der Waals surface area contributed by atoms with Crippen LogP contribution in [0.15, 0.2) is 36.5 Å². The van der Waals surface area contributed by atoms with Crippen LogP contribution in [-0.2, 0) is 0 Å². The maximum atomic E-state index is 12.2. The molecule has 0 aliphatic heterocycles. The number of benzene rings is 1. The van der Waals surface area contributed by atoms with E-state index in [9.17, 15) is 13.2 Å². The molecule has 2 nitrogen and oxygen atoms in total. The van der Waals surface area contributed by atoms with E-state index in [-0.39, 0.29) is 12.5 Å². The van der Waals surface area contributed by atoms with Gasteiger partial charge in [0.05, 0.1) is 5.52 Å². The molecule has 1 unspecified atom stereocenters. The summed E-state index contributed by atoms with van der Waals surface area (Å²) in [5, 5.41) is 4.08. The summed E-state index contributed by atoms with van der Waals surface area (Å²) < 4.78 is 36.6. The summed E-state index contributed by atoms with van der Waals surface area (Å²) in [6, 6.07) is 9.54. The van der Waals surface area contributed by atoms with Crippen LogP contribution in [0.25, 0.3) is 10.9 Å². The molecular weight excluding hydrogens is 265 g/mol. The van der Waals surface area contributed by atoms with E-state index in [0.29, 0.717) is 6.42 Å². The van der Waals surface area contributed by atoms with Crippen molar-refractivity contribution in [3.63, 3.8) is 0 Å². The molecule has 0 fully saturated rings. The highest BCUT2D eigenvalue weighted by molar-refractivity contribution is 5.79. The third-order valence-electron chi connectivity index (χ3n) is 3.33. The fraction of sp³-hybridized carbons (Fsp3) is 0.400. The first-order valence-corrected chi connectivity index (χ1v) is 6.58. The summed E-state index contributed by atoms with van der Waals surface area (Å²) in [7, 11) is 1.77. The molecule has 0 saturated heterocycles. The van der Waals surface area contributed by atoms with Gasteiger partial charge in [-0.05, 0) is 43.7 Å². The van der Waals surface area contributed by atoms with Crippen molar-refractivity contribution in [2.24, 2.45) is 0 Å². The summed E-state index contributed by atoms with van der Waals surface area (Å²) in [6.45, 7) is 0. The molecule has 20 heavy (non-hydrogen) atoms. The Morgan fingerprint density at radius 1 is 1.25 bits per heavy atom. The molecule has 0 aliphatic rings. The molecule has 0 bridgehead atoms. The minimum Gasteiger partial charge on any atom is -0.313 e. The third-order valence-corrected chi connectivity index (χ3v) is 3.33. The molecule has 108 valence electrons. The summed E-state index contributed by atoms with van der Waals surface area (Å²) in [4.78, 5) is 4.23.